The lowest BCUT2D eigenvalue weighted by Gasteiger charge is -2.16. The Kier molecular flexibility index (Phi) is 5.43. The van der Waals surface area contributed by atoms with Crippen molar-refractivity contribution < 1.29 is 33.2 Å². The number of benzene rings is 1. The zero-order valence-electron chi connectivity index (χ0n) is 15.7. The van der Waals surface area contributed by atoms with Gasteiger partial charge in [0.25, 0.3) is 0 Å². The Morgan fingerprint density at radius 3 is 2.65 bits per heavy atom. The third-order valence-corrected chi connectivity index (χ3v) is 5.01. The highest BCUT2D eigenvalue weighted by molar-refractivity contribution is 5.82. The van der Waals surface area contributed by atoms with Crippen LogP contribution in [0.4, 0.5) is 19.0 Å². The lowest BCUT2D eigenvalue weighted by molar-refractivity contribution is -0.138. The Morgan fingerprint density at radius 1 is 1.23 bits per heavy atom. The summed E-state index contributed by atoms with van der Waals surface area (Å²) < 4.78 is 46.3. The van der Waals surface area contributed by atoms with E-state index in [4.69, 9.17) is 4.74 Å². The number of rotatable bonds is 5. The summed E-state index contributed by atoms with van der Waals surface area (Å²) in [5, 5.41) is 32.1. The molecule has 1 saturated heterocycles. The summed E-state index contributed by atoms with van der Waals surface area (Å²) in [4.78, 5) is 22.4. The summed E-state index contributed by atoms with van der Waals surface area (Å²) in [7, 11) is 0. The second-order valence-electron chi connectivity index (χ2n) is 6.98. The number of alkyl halides is 3. The van der Waals surface area contributed by atoms with E-state index in [2.05, 4.69) is 20.3 Å². The molecule has 0 radical (unpaired) electrons. The predicted molar refractivity (Wildman–Crippen MR) is 99.9 cm³/mol. The molecule has 10 nitrogen and oxygen atoms in total. The van der Waals surface area contributed by atoms with Gasteiger partial charge in [-0.15, -0.1) is 0 Å². The minimum Gasteiger partial charge on any atom is -0.394 e. The summed E-state index contributed by atoms with van der Waals surface area (Å²) in [6.07, 6.45) is -8.35. The number of nitrogens with one attached hydrogen (secondary N) is 2. The van der Waals surface area contributed by atoms with E-state index in [0.717, 1.165) is 6.07 Å². The maximum absolute atomic E-state index is 13.2. The lowest BCUT2D eigenvalue weighted by Crippen LogP contribution is -2.33. The summed E-state index contributed by atoms with van der Waals surface area (Å²) in [5.41, 5.74) is -1.57. The third kappa shape index (κ3) is 3.87. The van der Waals surface area contributed by atoms with E-state index in [1.165, 1.54) is 29.1 Å². The van der Waals surface area contributed by atoms with E-state index in [1.54, 1.807) is 0 Å². The van der Waals surface area contributed by atoms with E-state index in [-0.39, 0.29) is 29.1 Å². The fourth-order valence-electron chi connectivity index (χ4n) is 3.49. The summed E-state index contributed by atoms with van der Waals surface area (Å²) in [5.74, 6) is 0.0254. The Bertz CT molecular complexity index is 1150. The maximum atomic E-state index is 13.2. The molecule has 3 heterocycles. The van der Waals surface area contributed by atoms with Crippen LogP contribution in [0.5, 0.6) is 0 Å². The average molecular weight is 441 g/mol. The first-order valence-electron chi connectivity index (χ1n) is 9.19. The largest absolute Gasteiger partial charge is 0.416 e. The molecule has 4 atom stereocenters. The maximum Gasteiger partial charge on any atom is 0.416 e. The zero-order chi connectivity index (χ0) is 22.3. The molecule has 2 aromatic heterocycles. The summed E-state index contributed by atoms with van der Waals surface area (Å²) >= 11 is 0. The quantitative estimate of drug-likeness (QED) is 0.382. The summed E-state index contributed by atoms with van der Waals surface area (Å²) in [6, 6.07) is 5.01. The molecule has 0 aliphatic carbocycles. The van der Waals surface area contributed by atoms with E-state index in [9.17, 15) is 33.3 Å². The second kappa shape index (κ2) is 7.92. The molecule has 1 aromatic carbocycles. The van der Waals surface area contributed by atoms with Crippen LogP contribution < -0.4 is 11.0 Å². The van der Waals surface area contributed by atoms with E-state index < -0.39 is 48.6 Å². The van der Waals surface area contributed by atoms with Crippen LogP contribution in [-0.2, 0) is 17.5 Å². The molecule has 166 valence electrons. The fourth-order valence-corrected chi connectivity index (χ4v) is 3.49. The minimum atomic E-state index is -4.54. The molecule has 0 saturated carbocycles. The van der Waals surface area contributed by atoms with Gasteiger partial charge in [0, 0.05) is 6.54 Å². The van der Waals surface area contributed by atoms with Gasteiger partial charge in [-0.3, -0.25) is 9.55 Å². The third-order valence-electron chi connectivity index (χ3n) is 5.01. The molecule has 4 rings (SSSR count). The van der Waals surface area contributed by atoms with Crippen molar-refractivity contribution >= 4 is 17.0 Å². The summed E-state index contributed by atoms with van der Waals surface area (Å²) in [6.45, 7) is -0.799. The number of anilines is 1. The number of nitrogens with zero attached hydrogens (tertiary/aromatic N) is 3. The van der Waals surface area contributed by atoms with Gasteiger partial charge in [0.05, 0.1) is 18.5 Å². The number of fused-ring (bicyclic) bond motifs is 1. The standard InChI is InChI=1S/C18H18F3N5O5/c19-18(20,21)9-4-2-1-3-8(9)5-22-14-11-15(25-17(30)24-14)26(7-23-11)16-13(29)12(28)10(6-27)31-16/h1-4,7,10,12-13,16,27-29H,5-6H2,(H2,22,24,25,30). The van der Waals surface area contributed by atoms with Gasteiger partial charge in [0.15, 0.2) is 11.9 Å². The molecule has 4 unspecified atom stereocenters. The van der Waals surface area contributed by atoms with Crippen molar-refractivity contribution in [3.63, 3.8) is 0 Å². The van der Waals surface area contributed by atoms with Crippen LogP contribution in [0.25, 0.3) is 11.2 Å². The molecule has 0 amide bonds. The number of H-pyrrole nitrogens is 1. The van der Waals surface area contributed by atoms with Gasteiger partial charge >= 0.3 is 11.9 Å². The number of hydrogen-bond acceptors (Lipinski definition) is 8. The first-order valence-corrected chi connectivity index (χ1v) is 9.19. The molecular formula is C18H18F3N5O5. The minimum absolute atomic E-state index is 0.0230. The molecule has 1 aliphatic rings. The number of halogens is 3. The van der Waals surface area contributed by atoms with Crippen molar-refractivity contribution in [2.75, 3.05) is 11.9 Å². The Balaban J connectivity index is 1.67. The number of imidazole rings is 1. The first kappa shape index (κ1) is 21.2. The number of ether oxygens (including phenoxy) is 1. The fraction of sp³-hybridized carbons (Fsp3) is 0.389. The topological polar surface area (TPSA) is 146 Å². The van der Waals surface area contributed by atoms with Crippen molar-refractivity contribution in [1.29, 1.82) is 0 Å². The van der Waals surface area contributed by atoms with Crippen LogP contribution in [0, 0.1) is 0 Å². The number of aliphatic hydroxyl groups is 3. The molecule has 31 heavy (non-hydrogen) atoms. The van der Waals surface area contributed by atoms with Crippen LogP contribution in [-0.4, -0.2) is 59.8 Å². The lowest BCUT2D eigenvalue weighted by atomic mass is 10.1. The average Bonchev–Trinajstić information content (AvgIpc) is 3.26. The van der Waals surface area contributed by atoms with Crippen molar-refractivity contribution in [1.82, 2.24) is 19.5 Å². The molecule has 0 spiro atoms. The Labute approximate surface area is 172 Å². The zero-order valence-corrected chi connectivity index (χ0v) is 15.7. The number of hydrogen-bond donors (Lipinski definition) is 5. The van der Waals surface area contributed by atoms with Crippen LogP contribution in [0.2, 0.25) is 0 Å². The smallest absolute Gasteiger partial charge is 0.394 e. The van der Waals surface area contributed by atoms with Gasteiger partial charge in [0.1, 0.15) is 29.6 Å². The highest BCUT2D eigenvalue weighted by Crippen LogP contribution is 2.33. The predicted octanol–water partition coefficient (Wildman–Crippen LogP) is 0.362. The number of aliphatic hydroxyl groups excluding tert-OH is 3. The van der Waals surface area contributed by atoms with Gasteiger partial charge in [-0.2, -0.15) is 18.2 Å². The molecule has 13 heteroatoms. The SMILES string of the molecule is O=c1nc2c(ncn2C2OC(CO)C(O)C2O)c(NCc2ccccc2C(F)(F)F)[nH]1. The molecule has 1 fully saturated rings. The Morgan fingerprint density at radius 2 is 1.97 bits per heavy atom. The number of aromatic nitrogens is 4. The first-order chi connectivity index (χ1) is 14.7. The van der Waals surface area contributed by atoms with Gasteiger partial charge in [-0.1, -0.05) is 18.2 Å². The van der Waals surface area contributed by atoms with Gasteiger partial charge in [0.2, 0.25) is 0 Å². The van der Waals surface area contributed by atoms with E-state index in [0.29, 0.717) is 0 Å². The van der Waals surface area contributed by atoms with Crippen LogP contribution in [0.15, 0.2) is 35.4 Å². The normalized spacial score (nSPS) is 24.1. The molecule has 3 aromatic rings. The monoisotopic (exact) mass is 441 g/mol. The van der Waals surface area contributed by atoms with E-state index in [1.807, 2.05) is 0 Å². The van der Waals surface area contributed by atoms with Crippen LogP contribution in [0.1, 0.15) is 17.4 Å². The van der Waals surface area contributed by atoms with E-state index >= 15 is 0 Å². The number of aromatic amines is 1. The van der Waals surface area contributed by atoms with Crippen molar-refractivity contribution in [3.8, 4) is 0 Å². The van der Waals surface area contributed by atoms with Gasteiger partial charge in [-0.25, -0.2) is 9.78 Å². The highest BCUT2D eigenvalue weighted by Gasteiger charge is 2.44. The van der Waals surface area contributed by atoms with Crippen molar-refractivity contribution in [2.24, 2.45) is 0 Å². The van der Waals surface area contributed by atoms with Crippen molar-refractivity contribution in [2.45, 2.75) is 37.3 Å². The molecule has 1 aliphatic heterocycles. The second-order valence-corrected chi connectivity index (χ2v) is 6.98. The van der Waals surface area contributed by atoms with Gasteiger partial charge < -0.3 is 25.4 Å². The van der Waals surface area contributed by atoms with Crippen LogP contribution in [0.3, 0.4) is 0 Å². The highest BCUT2D eigenvalue weighted by atomic mass is 19.4. The Hall–Kier alpha value is -3.00. The van der Waals surface area contributed by atoms with Crippen LogP contribution >= 0.6 is 0 Å². The van der Waals surface area contributed by atoms with Crippen molar-refractivity contribution in [3.05, 3.63) is 52.2 Å². The van der Waals surface area contributed by atoms with Gasteiger partial charge in [-0.05, 0) is 11.6 Å². The molecule has 0 bridgehead atoms. The molecular weight excluding hydrogens is 423 g/mol. The molecule has 5 N–H and O–H groups in total.